The van der Waals surface area contributed by atoms with E-state index in [2.05, 4.69) is 4.98 Å². The first-order valence-electron chi connectivity index (χ1n) is 3.93. The summed E-state index contributed by atoms with van der Waals surface area (Å²) in [4.78, 5) is 13.2. The molecule has 3 N–H and O–H groups in total. The van der Waals surface area contributed by atoms with Gasteiger partial charge in [0.05, 0.1) is 15.9 Å². The van der Waals surface area contributed by atoms with E-state index in [4.69, 9.17) is 28.3 Å². The Hall–Kier alpha value is -1.39. The van der Waals surface area contributed by atoms with Gasteiger partial charge in [0.2, 0.25) is 0 Å². The fourth-order valence-electron chi connectivity index (χ4n) is 1.39. The van der Waals surface area contributed by atoms with E-state index in [1.165, 1.54) is 12.1 Å². The predicted molar refractivity (Wildman–Crippen MR) is 56.9 cm³/mol. The van der Waals surface area contributed by atoms with Crippen molar-refractivity contribution < 1.29 is 15.0 Å². The van der Waals surface area contributed by atoms with Gasteiger partial charge in [-0.2, -0.15) is 0 Å². The van der Waals surface area contributed by atoms with Gasteiger partial charge in [0.15, 0.2) is 11.4 Å². The van der Waals surface area contributed by atoms with Crippen LogP contribution >= 0.6 is 23.2 Å². The highest BCUT2D eigenvalue weighted by atomic mass is 35.5. The first kappa shape index (κ1) is 10.1. The number of hydrogen-bond donors (Lipinski definition) is 3. The summed E-state index contributed by atoms with van der Waals surface area (Å²) >= 11 is 11.6. The Balaban J connectivity index is 2.88. The number of H-pyrrole nitrogens is 1. The van der Waals surface area contributed by atoms with E-state index in [1.807, 2.05) is 0 Å². The molecule has 0 fully saturated rings. The van der Waals surface area contributed by atoms with Crippen LogP contribution in [-0.2, 0) is 0 Å². The number of hydrogen-bond acceptors (Lipinski definition) is 2. The maximum Gasteiger partial charge on any atom is 0.356 e. The largest absolute Gasteiger partial charge is 0.505 e. The number of carboxylic acids is 1. The number of aromatic amines is 1. The van der Waals surface area contributed by atoms with E-state index in [9.17, 15) is 9.90 Å². The molecule has 1 aromatic carbocycles. The number of nitrogens with one attached hydrogen (secondary N) is 1. The number of halogens is 2. The van der Waals surface area contributed by atoms with Gasteiger partial charge in [-0.3, -0.25) is 0 Å². The average Bonchev–Trinajstić information content (AvgIpc) is 2.42. The zero-order chi connectivity index (χ0) is 11.2. The first-order valence-corrected chi connectivity index (χ1v) is 4.69. The van der Waals surface area contributed by atoms with E-state index < -0.39 is 5.97 Å². The van der Waals surface area contributed by atoms with Gasteiger partial charge in [-0.1, -0.05) is 23.2 Å². The maximum absolute atomic E-state index is 10.7. The third-order valence-corrected chi connectivity index (χ3v) is 2.52. The highest BCUT2D eigenvalue weighted by Gasteiger charge is 2.18. The normalized spacial score (nSPS) is 10.8. The summed E-state index contributed by atoms with van der Waals surface area (Å²) < 4.78 is 0. The number of fused-ring (bicyclic) bond motifs is 1. The van der Waals surface area contributed by atoms with Crippen LogP contribution < -0.4 is 0 Å². The summed E-state index contributed by atoms with van der Waals surface area (Å²) in [5, 5.41) is 19.2. The molecule has 0 spiro atoms. The minimum atomic E-state index is -1.25. The van der Waals surface area contributed by atoms with E-state index >= 15 is 0 Å². The van der Waals surface area contributed by atoms with Crippen molar-refractivity contribution in [2.75, 3.05) is 0 Å². The van der Waals surface area contributed by atoms with Crippen molar-refractivity contribution >= 4 is 40.1 Å². The van der Waals surface area contributed by atoms with Crippen LogP contribution in [0.25, 0.3) is 10.9 Å². The Morgan fingerprint density at radius 1 is 1.33 bits per heavy atom. The van der Waals surface area contributed by atoms with Gasteiger partial charge in [-0.25, -0.2) is 4.79 Å². The van der Waals surface area contributed by atoms with Crippen molar-refractivity contribution in [2.45, 2.75) is 0 Å². The van der Waals surface area contributed by atoms with Crippen LogP contribution in [0.5, 0.6) is 5.75 Å². The number of aromatic nitrogens is 1. The number of aromatic carboxylic acids is 1. The van der Waals surface area contributed by atoms with Gasteiger partial charge < -0.3 is 15.2 Å². The van der Waals surface area contributed by atoms with Crippen molar-refractivity contribution in [2.24, 2.45) is 0 Å². The van der Waals surface area contributed by atoms with Gasteiger partial charge in [0.25, 0.3) is 0 Å². The lowest BCUT2D eigenvalue weighted by atomic mass is 10.2. The third kappa shape index (κ3) is 1.52. The number of benzene rings is 1. The Bertz CT molecular complexity index is 562. The van der Waals surface area contributed by atoms with Crippen LogP contribution in [0, 0.1) is 0 Å². The van der Waals surface area contributed by atoms with Gasteiger partial charge in [-0.15, -0.1) is 0 Å². The third-order valence-electron chi connectivity index (χ3n) is 2.00. The molecule has 0 saturated heterocycles. The quantitative estimate of drug-likeness (QED) is 0.724. The molecule has 15 heavy (non-hydrogen) atoms. The summed E-state index contributed by atoms with van der Waals surface area (Å²) in [6, 6.07) is 2.93. The topological polar surface area (TPSA) is 73.3 Å². The molecule has 1 aromatic heterocycles. The summed E-state index contributed by atoms with van der Waals surface area (Å²) in [5.41, 5.74) is 0.0940. The molecule has 2 rings (SSSR count). The molecule has 78 valence electrons. The molecule has 0 aliphatic heterocycles. The molecule has 6 heteroatoms. The van der Waals surface area contributed by atoms with Crippen molar-refractivity contribution in [3.8, 4) is 5.75 Å². The Labute approximate surface area is 94.0 Å². The first-order chi connectivity index (χ1) is 7.00. The van der Waals surface area contributed by atoms with Gasteiger partial charge in [0.1, 0.15) is 0 Å². The molecule has 2 aromatic rings. The van der Waals surface area contributed by atoms with E-state index in [0.29, 0.717) is 10.5 Å². The summed E-state index contributed by atoms with van der Waals surface area (Å²) in [5.74, 6) is -1.63. The van der Waals surface area contributed by atoms with Crippen LogP contribution in [0.2, 0.25) is 10.0 Å². The summed E-state index contributed by atoms with van der Waals surface area (Å²) in [6.45, 7) is 0. The van der Waals surface area contributed by atoms with Crippen molar-refractivity contribution in [1.82, 2.24) is 4.98 Å². The molecule has 0 unspecified atom stereocenters. The molecule has 0 radical (unpaired) electrons. The van der Waals surface area contributed by atoms with Gasteiger partial charge >= 0.3 is 5.97 Å². The van der Waals surface area contributed by atoms with Crippen LogP contribution in [0.4, 0.5) is 0 Å². The Morgan fingerprint density at radius 3 is 2.60 bits per heavy atom. The fraction of sp³-hybridized carbons (Fsp3) is 0. The lowest BCUT2D eigenvalue weighted by molar-refractivity contribution is 0.0688. The summed E-state index contributed by atoms with van der Waals surface area (Å²) in [6.07, 6.45) is 0. The number of rotatable bonds is 1. The Morgan fingerprint density at radius 2 is 2.00 bits per heavy atom. The lowest BCUT2D eigenvalue weighted by Crippen LogP contribution is -1.95. The zero-order valence-electron chi connectivity index (χ0n) is 7.21. The molecule has 0 aliphatic rings. The summed E-state index contributed by atoms with van der Waals surface area (Å²) in [7, 11) is 0. The zero-order valence-corrected chi connectivity index (χ0v) is 8.73. The maximum atomic E-state index is 10.7. The molecule has 4 nitrogen and oxygen atoms in total. The lowest BCUT2D eigenvalue weighted by Gasteiger charge is -1.95. The van der Waals surface area contributed by atoms with Crippen LogP contribution in [0.1, 0.15) is 10.5 Å². The van der Waals surface area contributed by atoms with Crippen LogP contribution in [-0.4, -0.2) is 21.2 Å². The van der Waals surface area contributed by atoms with E-state index in [-0.39, 0.29) is 21.9 Å². The molecule has 1 heterocycles. The number of aromatic hydroxyl groups is 1. The Kier molecular flexibility index (Phi) is 2.25. The number of carboxylic acid groups (broad SMARTS) is 1. The highest BCUT2D eigenvalue weighted by molar-refractivity contribution is 6.39. The van der Waals surface area contributed by atoms with Crippen molar-refractivity contribution in [3.05, 3.63) is 27.9 Å². The molecular weight excluding hydrogens is 241 g/mol. The molecule has 0 amide bonds. The van der Waals surface area contributed by atoms with Crippen LogP contribution in [0.15, 0.2) is 12.1 Å². The van der Waals surface area contributed by atoms with Gasteiger partial charge in [-0.05, 0) is 12.1 Å². The fourth-order valence-corrected chi connectivity index (χ4v) is 1.97. The average molecular weight is 246 g/mol. The molecule has 0 aliphatic carbocycles. The minimum Gasteiger partial charge on any atom is -0.505 e. The van der Waals surface area contributed by atoms with E-state index in [1.54, 1.807) is 0 Å². The molecule has 0 atom stereocenters. The standard InChI is InChI=1S/C9H5Cl2NO3/c10-3-1-4(11)6-5(2-3)12-7(8(6)13)9(14)15/h1-2,12-13H,(H,14,15). The number of carbonyl (C=O) groups is 1. The molecule has 0 bridgehead atoms. The second kappa shape index (κ2) is 3.32. The van der Waals surface area contributed by atoms with E-state index in [0.717, 1.165) is 0 Å². The SMILES string of the molecule is O=C(O)c1[nH]c2cc(Cl)cc(Cl)c2c1O. The van der Waals surface area contributed by atoms with Crippen molar-refractivity contribution in [3.63, 3.8) is 0 Å². The molecular formula is C9H5Cl2NO3. The van der Waals surface area contributed by atoms with Crippen molar-refractivity contribution in [1.29, 1.82) is 0 Å². The predicted octanol–water partition coefficient (Wildman–Crippen LogP) is 2.88. The smallest absolute Gasteiger partial charge is 0.356 e. The second-order valence-corrected chi connectivity index (χ2v) is 3.81. The van der Waals surface area contributed by atoms with Crippen LogP contribution in [0.3, 0.4) is 0 Å². The van der Waals surface area contributed by atoms with Gasteiger partial charge in [0, 0.05) is 5.02 Å². The minimum absolute atomic E-state index is 0.207. The highest BCUT2D eigenvalue weighted by Crippen LogP contribution is 2.36. The monoisotopic (exact) mass is 245 g/mol. The second-order valence-electron chi connectivity index (χ2n) is 2.96. The molecule has 0 saturated carbocycles.